The molecule has 0 aromatic heterocycles. The van der Waals surface area contributed by atoms with Gasteiger partial charge in [0.25, 0.3) is 0 Å². The fourth-order valence-corrected chi connectivity index (χ4v) is 2.34. The lowest BCUT2D eigenvalue weighted by Gasteiger charge is -2.33. The van der Waals surface area contributed by atoms with E-state index < -0.39 is 5.97 Å². The third-order valence-electron chi connectivity index (χ3n) is 3.60. The Hall–Kier alpha value is -1.88. The molecule has 0 fully saturated rings. The fourth-order valence-electron chi connectivity index (χ4n) is 2.34. The molecular formula is C17H25NO4. The molecule has 1 rings (SSSR count). The summed E-state index contributed by atoms with van der Waals surface area (Å²) in [7, 11) is 0. The Kier molecular flexibility index (Phi) is 7.05. The molecule has 0 radical (unpaired) electrons. The molecule has 4 atom stereocenters. The van der Waals surface area contributed by atoms with Crippen LogP contribution in [0.4, 0.5) is 0 Å². The quantitative estimate of drug-likeness (QED) is 0.559. The Labute approximate surface area is 131 Å². The molecule has 0 bridgehead atoms. The molecule has 2 N–H and O–H groups in total. The number of carboxylic acids is 1. The highest BCUT2D eigenvalue weighted by atomic mass is 16.5. The molecule has 0 saturated carbocycles. The predicted molar refractivity (Wildman–Crippen MR) is 85.4 cm³/mol. The first kappa shape index (κ1) is 18.2. The van der Waals surface area contributed by atoms with Crippen molar-refractivity contribution >= 4 is 11.9 Å². The third-order valence-corrected chi connectivity index (χ3v) is 3.60. The van der Waals surface area contributed by atoms with Crippen molar-refractivity contribution in [1.29, 1.82) is 0 Å². The largest absolute Gasteiger partial charge is 0.481 e. The van der Waals surface area contributed by atoms with Crippen LogP contribution >= 0.6 is 0 Å². The number of carbonyl (C=O) groups is 2. The van der Waals surface area contributed by atoms with E-state index in [0.717, 1.165) is 12.0 Å². The van der Waals surface area contributed by atoms with Crippen molar-refractivity contribution in [3.05, 3.63) is 36.5 Å². The molecule has 0 aliphatic carbocycles. The van der Waals surface area contributed by atoms with Crippen LogP contribution < -0.4 is 5.32 Å². The molecular weight excluding hydrogens is 282 g/mol. The van der Waals surface area contributed by atoms with E-state index >= 15 is 0 Å². The van der Waals surface area contributed by atoms with E-state index in [2.05, 4.69) is 11.9 Å². The van der Waals surface area contributed by atoms with Crippen molar-refractivity contribution < 1.29 is 19.4 Å². The molecule has 0 saturated heterocycles. The summed E-state index contributed by atoms with van der Waals surface area (Å²) in [4.78, 5) is 22.5. The topological polar surface area (TPSA) is 75.6 Å². The van der Waals surface area contributed by atoms with Crippen molar-refractivity contribution in [3.8, 4) is 0 Å². The van der Waals surface area contributed by atoms with Crippen molar-refractivity contribution in [3.63, 3.8) is 0 Å². The lowest BCUT2D eigenvalue weighted by atomic mass is 9.98. The summed E-state index contributed by atoms with van der Waals surface area (Å²) in [5, 5.41) is 11.5. The maximum absolute atomic E-state index is 11.9. The van der Waals surface area contributed by atoms with Crippen LogP contribution in [0.5, 0.6) is 0 Å². The summed E-state index contributed by atoms with van der Waals surface area (Å²) in [6.07, 6.45) is 7.48. The molecule has 1 aliphatic rings. The van der Waals surface area contributed by atoms with E-state index in [1.807, 2.05) is 26.0 Å². The van der Waals surface area contributed by atoms with E-state index in [-0.39, 0.29) is 36.5 Å². The third kappa shape index (κ3) is 5.85. The van der Waals surface area contributed by atoms with E-state index in [1.165, 1.54) is 6.08 Å². The number of allylic oxidation sites excluding steroid dienone is 1. The number of hydrogen-bond donors (Lipinski definition) is 2. The number of hydrogen-bond acceptors (Lipinski definition) is 3. The molecule has 22 heavy (non-hydrogen) atoms. The van der Waals surface area contributed by atoms with Gasteiger partial charge in [0.15, 0.2) is 0 Å². The Balaban J connectivity index is 2.59. The minimum absolute atomic E-state index is 0.00890. The number of rotatable bonds is 7. The van der Waals surface area contributed by atoms with Crippen molar-refractivity contribution in [2.24, 2.45) is 5.92 Å². The molecule has 5 nitrogen and oxygen atoms in total. The number of carboxylic acid groups (broad SMARTS) is 1. The maximum atomic E-state index is 11.9. The summed E-state index contributed by atoms with van der Waals surface area (Å²) < 4.78 is 5.87. The molecule has 1 amide bonds. The average molecular weight is 307 g/mol. The lowest BCUT2D eigenvalue weighted by molar-refractivity contribution is -0.137. The van der Waals surface area contributed by atoms with E-state index in [9.17, 15) is 9.59 Å². The second-order valence-electron chi connectivity index (χ2n) is 5.73. The van der Waals surface area contributed by atoms with Crippen molar-refractivity contribution in [1.82, 2.24) is 5.32 Å². The van der Waals surface area contributed by atoms with E-state index in [0.29, 0.717) is 0 Å². The van der Waals surface area contributed by atoms with Gasteiger partial charge in [-0.25, -0.2) is 0 Å². The molecule has 1 aliphatic heterocycles. The summed E-state index contributed by atoms with van der Waals surface area (Å²) in [5.41, 5.74) is 1.08. The first-order chi connectivity index (χ1) is 10.3. The highest BCUT2D eigenvalue weighted by Gasteiger charge is 2.27. The van der Waals surface area contributed by atoms with Gasteiger partial charge >= 0.3 is 5.97 Å². The van der Waals surface area contributed by atoms with Gasteiger partial charge in [-0.15, -0.1) is 6.58 Å². The number of carbonyl (C=O) groups excluding carboxylic acids is 1. The fraction of sp³-hybridized carbons (Fsp3) is 0.529. The smallest absolute Gasteiger partial charge is 0.303 e. The second kappa shape index (κ2) is 8.54. The highest BCUT2D eigenvalue weighted by molar-refractivity contribution is 5.88. The molecule has 0 spiro atoms. The van der Waals surface area contributed by atoms with Crippen LogP contribution in [-0.2, 0) is 14.3 Å². The first-order valence-corrected chi connectivity index (χ1v) is 7.48. The molecule has 122 valence electrons. The zero-order chi connectivity index (χ0) is 16.7. The van der Waals surface area contributed by atoms with Gasteiger partial charge in [0.1, 0.15) is 0 Å². The van der Waals surface area contributed by atoms with E-state index in [1.54, 1.807) is 13.0 Å². The van der Waals surface area contributed by atoms with Gasteiger partial charge in [0.05, 0.1) is 24.7 Å². The van der Waals surface area contributed by atoms with Crippen LogP contribution in [0.3, 0.4) is 0 Å². The highest BCUT2D eigenvalue weighted by Crippen LogP contribution is 2.22. The van der Waals surface area contributed by atoms with Crippen molar-refractivity contribution in [2.45, 2.75) is 51.9 Å². The van der Waals surface area contributed by atoms with Gasteiger partial charge in [-0.2, -0.15) is 0 Å². The molecule has 0 aromatic carbocycles. The molecule has 5 heteroatoms. The standard InChI is InChI=1S/C17H25NO4/c1-5-6-15-12(3)10-14(13(4)22-15)18-16(19)8-7-11(2)9-17(20)21/h5,7-8,10-11,13-15H,1,6,9H2,2-4H3,(H,18,19)(H,20,21)/b8-7-/t11-,13-,14-,15-/m1/s1. The van der Waals surface area contributed by atoms with Crippen LogP contribution in [0.15, 0.2) is 36.5 Å². The monoisotopic (exact) mass is 307 g/mol. The summed E-state index contributed by atoms with van der Waals surface area (Å²) >= 11 is 0. The zero-order valence-electron chi connectivity index (χ0n) is 13.4. The van der Waals surface area contributed by atoms with Gasteiger partial charge in [-0.3, -0.25) is 9.59 Å². The first-order valence-electron chi connectivity index (χ1n) is 7.48. The number of ether oxygens (including phenoxy) is 1. The van der Waals surface area contributed by atoms with Gasteiger partial charge in [-0.1, -0.05) is 25.2 Å². The van der Waals surface area contributed by atoms with Crippen LogP contribution in [0.1, 0.15) is 33.6 Å². The number of nitrogens with one attached hydrogen (secondary N) is 1. The van der Waals surface area contributed by atoms with E-state index in [4.69, 9.17) is 9.84 Å². The van der Waals surface area contributed by atoms with Gasteiger partial charge in [0.2, 0.25) is 5.91 Å². The van der Waals surface area contributed by atoms with Gasteiger partial charge in [0, 0.05) is 0 Å². The minimum atomic E-state index is -0.876. The Morgan fingerprint density at radius 2 is 2.23 bits per heavy atom. The zero-order valence-corrected chi connectivity index (χ0v) is 13.4. The molecule has 0 unspecified atom stereocenters. The average Bonchev–Trinajstić information content (AvgIpc) is 2.41. The van der Waals surface area contributed by atoms with Gasteiger partial charge < -0.3 is 15.2 Å². The summed E-state index contributed by atoms with van der Waals surface area (Å²) in [5.74, 6) is -1.31. The summed E-state index contributed by atoms with van der Waals surface area (Å²) in [6.45, 7) is 9.37. The molecule has 1 heterocycles. The Morgan fingerprint density at radius 1 is 1.55 bits per heavy atom. The molecule has 0 aromatic rings. The lowest BCUT2D eigenvalue weighted by Crippen LogP contribution is -2.46. The van der Waals surface area contributed by atoms with Crippen LogP contribution in [0, 0.1) is 5.92 Å². The van der Waals surface area contributed by atoms with Crippen LogP contribution in [0.25, 0.3) is 0 Å². The number of amides is 1. The Bertz CT molecular complexity index is 481. The normalized spacial score (nSPS) is 26.3. The SMILES string of the molecule is C=CC[C@H]1O[C@H](C)[C@H](NC(=O)/C=C\[C@@H](C)CC(=O)O)C=C1C. The predicted octanol–water partition coefficient (Wildman–Crippen LogP) is 2.45. The minimum Gasteiger partial charge on any atom is -0.481 e. The summed E-state index contributed by atoms with van der Waals surface area (Å²) in [6, 6.07) is -0.187. The maximum Gasteiger partial charge on any atom is 0.303 e. The Morgan fingerprint density at radius 3 is 2.82 bits per heavy atom. The van der Waals surface area contributed by atoms with Crippen LogP contribution in [0.2, 0.25) is 0 Å². The van der Waals surface area contributed by atoms with Gasteiger partial charge in [-0.05, 0) is 37.8 Å². The van der Waals surface area contributed by atoms with Crippen molar-refractivity contribution in [2.75, 3.05) is 0 Å². The second-order valence-corrected chi connectivity index (χ2v) is 5.73. The number of aliphatic carboxylic acids is 1. The van der Waals surface area contributed by atoms with Crippen LogP contribution in [-0.4, -0.2) is 35.2 Å².